The number of nitrogens with zero attached hydrogens (tertiary/aromatic N) is 1. The number of rotatable bonds is 3. The Morgan fingerprint density at radius 1 is 0.623 bits per heavy atom. The van der Waals surface area contributed by atoms with Crippen LogP contribution < -0.4 is 0 Å². The van der Waals surface area contributed by atoms with Gasteiger partial charge in [0.25, 0.3) is 0 Å². The van der Waals surface area contributed by atoms with Gasteiger partial charge >= 0.3 is 0 Å². The summed E-state index contributed by atoms with van der Waals surface area (Å²) >= 11 is 0. The van der Waals surface area contributed by atoms with Crippen molar-refractivity contribution in [2.75, 3.05) is 0 Å². The van der Waals surface area contributed by atoms with Gasteiger partial charge in [-0.3, -0.25) is 4.98 Å². The number of aromatic nitrogens is 1. The fraction of sp³-hybridized carbons (Fsp3) is 0.157. The van der Waals surface area contributed by atoms with E-state index in [4.69, 9.17) is 9.40 Å². The van der Waals surface area contributed by atoms with E-state index < -0.39 is 5.41 Å². The van der Waals surface area contributed by atoms with Gasteiger partial charge in [-0.25, -0.2) is 0 Å². The molecule has 0 radical (unpaired) electrons. The van der Waals surface area contributed by atoms with Gasteiger partial charge in [-0.05, 0) is 111 Å². The highest BCUT2D eigenvalue weighted by atomic mass is 16.3. The Bertz CT molecular complexity index is 2690. The molecule has 0 saturated heterocycles. The lowest BCUT2D eigenvalue weighted by Crippen LogP contribution is -2.40. The van der Waals surface area contributed by atoms with E-state index in [0.717, 1.165) is 42.0 Å². The maximum absolute atomic E-state index is 6.80. The van der Waals surface area contributed by atoms with Gasteiger partial charge in [0.1, 0.15) is 11.3 Å². The smallest absolute Gasteiger partial charge is 0.135 e. The average Bonchev–Trinajstić information content (AvgIpc) is 3.73. The second-order valence-corrected chi connectivity index (χ2v) is 15.7. The first-order chi connectivity index (χ1) is 26.0. The summed E-state index contributed by atoms with van der Waals surface area (Å²) in [6.07, 6.45) is 14.3. The van der Waals surface area contributed by atoms with Crippen molar-refractivity contribution in [2.24, 2.45) is 0 Å². The first-order valence-corrected chi connectivity index (χ1v) is 19.0. The van der Waals surface area contributed by atoms with Crippen LogP contribution in [0.25, 0.3) is 44.9 Å². The molecule has 1 atom stereocenters. The molecule has 4 aliphatic carbocycles. The van der Waals surface area contributed by atoms with Crippen LogP contribution in [0.2, 0.25) is 0 Å². The van der Waals surface area contributed by atoms with Crippen LogP contribution in [-0.2, 0) is 17.3 Å². The standard InChI is InChI=1S/C51H39NO/c1-50(2)42-23-13-14-24-43(42)51(40-21-11-9-19-36(40)37-20-10-12-22-41(37)51)45-30-39-38-27-34(25-26-48(38)53-49(39)31-44(45)50)47-29-35(32-15-5-3-6-16-32)28-46(52-47)33-17-7-4-8-18-33/h3,5-7,9-26,28-31,34H,4,8,27H2,1-2H3. The molecule has 4 aliphatic rings. The van der Waals surface area contributed by atoms with Crippen LogP contribution >= 0.6 is 0 Å². The predicted molar refractivity (Wildman–Crippen MR) is 217 cm³/mol. The summed E-state index contributed by atoms with van der Waals surface area (Å²) in [6, 6.07) is 47.5. The number of fused-ring (bicyclic) bond motifs is 12. The molecule has 7 aromatic rings. The molecule has 2 nitrogen and oxygen atoms in total. The third-order valence-corrected chi connectivity index (χ3v) is 12.5. The van der Waals surface area contributed by atoms with Crippen molar-refractivity contribution < 1.29 is 4.42 Å². The minimum Gasteiger partial charge on any atom is -0.456 e. The lowest BCUT2D eigenvalue weighted by atomic mass is 9.55. The van der Waals surface area contributed by atoms with Gasteiger partial charge in [0.15, 0.2) is 0 Å². The van der Waals surface area contributed by atoms with Crippen molar-refractivity contribution in [3.05, 3.63) is 208 Å². The molecule has 0 aliphatic heterocycles. The van der Waals surface area contributed by atoms with E-state index in [0.29, 0.717) is 0 Å². The number of allylic oxidation sites excluding steroid dienone is 5. The zero-order valence-corrected chi connectivity index (χ0v) is 30.1. The van der Waals surface area contributed by atoms with E-state index in [9.17, 15) is 0 Å². The van der Waals surface area contributed by atoms with Crippen molar-refractivity contribution in [3.63, 3.8) is 0 Å². The molecule has 53 heavy (non-hydrogen) atoms. The quantitative estimate of drug-likeness (QED) is 0.185. The molecule has 5 aromatic carbocycles. The van der Waals surface area contributed by atoms with Crippen LogP contribution in [-0.4, -0.2) is 4.98 Å². The van der Waals surface area contributed by atoms with Gasteiger partial charge in [0.2, 0.25) is 0 Å². The average molecular weight is 682 g/mol. The van der Waals surface area contributed by atoms with Crippen molar-refractivity contribution in [3.8, 4) is 22.3 Å². The molecule has 0 N–H and O–H groups in total. The summed E-state index contributed by atoms with van der Waals surface area (Å²) in [4.78, 5) is 5.36. The van der Waals surface area contributed by atoms with Crippen LogP contribution in [0.3, 0.4) is 0 Å². The molecule has 0 saturated carbocycles. The minimum absolute atomic E-state index is 0.119. The molecular formula is C51H39NO. The van der Waals surface area contributed by atoms with E-state index in [1.807, 2.05) is 0 Å². The normalized spacial score (nSPS) is 18.2. The number of furan rings is 1. The van der Waals surface area contributed by atoms with Crippen LogP contribution in [0.4, 0.5) is 0 Å². The van der Waals surface area contributed by atoms with Crippen molar-refractivity contribution in [1.82, 2.24) is 4.98 Å². The largest absolute Gasteiger partial charge is 0.456 e. The second kappa shape index (κ2) is 11.3. The van der Waals surface area contributed by atoms with Crippen LogP contribution in [0.15, 0.2) is 156 Å². The van der Waals surface area contributed by atoms with Crippen LogP contribution in [0.1, 0.15) is 88.7 Å². The SMILES string of the molecule is CC1(C)c2ccccc2C2(c3ccccc3-c3ccccc32)c2cc3c4c(oc3cc21)C=CC(c1cc(-c2ccccc2)cc(C2=CCCC=C2)n1)C4. The molecule has 1 spiro atoms. The molecule has 2 aromatic heterocycles. The monoisotopic (exact) mass is 681 g/mol. The molecule has 254 valence electrons. The lowest BCUT2D eigenvalue weighted by molar-refractivity contribution is 0.557. The Kier molecular flexibility index (Phi) is 6.50. The highest BCUT2D eigenvalue weighted by Crippen LogP contribution is 2.62. The molecule has 2 heteroatoms. The fourth-order valence-corrected chi connectivity index (χ4v) is 10.0. The molecule has 0 fully saturated rings. The van der Waals surface area contributed by atoms with E-state index in [2.05, 4.69) is 172 Å². The summed E-state index contributed by atoms with van der Waals surface area (Å²) in [5.41, 5.74) is 18.2. The van der Waals surface area contributed by atoms with Gasteiger partial charge in [0.05, 0.1) is 11.1 Å². The Balaban J connectivity index is 1.12. The van der Waals surface area contributed by atoms with E-state index in [1.54, 1.807) is 0 Å². The number of hydrogen-bond acceptors (Lipinski definition) is 2. The molecule has 1 unspecified atom stereocenters. The predicted octanol–water partition coefficient (Wildman–Crippen LogP) is 12.6. The van der Waals surface area contributed by atoms with Gasteiger partial charge < -0.3 is 4.42 Å². The van der Waals surface area contributed by atoms with Crippen LogP contribution in [0.5, 0.6) is 0 Å². The van der Waals surface area contributed by atoms with Crippen molar-refractivity contribution >= 4 is 22.6 Å². The lowest BCUT2D eigenvalue weighted by Gasteiger charge is -2.46. The van der Waals surface area contributed by atoms with Gasteiger partial charge in [-0.1, -0.05) is 141 Å². The van der Waals surface area contributed by atoms with Gasteiger partial charge in [0, 0.05) is 28.0 Å². The topological polar surface area (TPSA) is 26.0 Å². The number of pyridine rings is 1. The third-order valence-electron chi connectivity index (χ3n) is 12.5. The summed E-state index contributed by atoms with van der Waals surface area (Å²) in [6.45, 7) is 4.77. The maximum Gasteiger partial charge on any atom is 0.135 e. The summed E-state index contributed by atoms with van der Waals surface area (Å²) in [5, 5.41) is 1.21. The highest BCUT2D eigenvalue weighted by molar-refractivity contribution is 5.93. The van der Waals surface area contributed by atoms with Crippen LogP contribution in [0, 0.1) is 0 Å². The molecule has 2 heterocycles. The first kappa shape index (κ1) is 30.6. The first-order valence-electron chi connectivity index (χ1n) is 19.0. The minimum atomic E-state index is -0.432. The van der Waals surface area contributed by atoms with Crippen molar-refractivity contribution in [1.29, 1.82) is 0 Å². The summed E-state index contributed by atoms with van der Waals surface area (Å²) in [5.74, 6) is 1.08. The highest BCUT2D eigenvalue weighted by Gasteiger charge is 2.53. The zero-order valence-electron chi connectivity index (χ0n) is 30.1. The summed E-state index contributed by atoms with van der Waals surface area (Å²) < 4.78 is 6.80. The Morgan fingerprint density at radius 3 is 2.06 bits per heavy atom. The Hall–Kier alpha value is -5.99. The molecule has 0 bridgehead atoms. The van der Waals surface area contributed by atoms with Crippen molar-refractivity contribution in [2.45, 2.75) is 49.9 Å². The number of benzene rings is 5. The second-order valence-electron chi connectivity index (χ2n) is 15.7. The maximum atomic E-state index is 6.80. The number of hydrogen-bond donors (Lipinski definition) is 0. The summed E-state index contributed by atoms with van der Waals surface area (Å²) in [7, 11) is 0. The van der Waals surface area contributed by atoms with E-state index in [1.165, 1.54) is 72.2 Å². The molecular weight excluding hydrogens is 643 g/mol. The zero-order chi connectivity index (χ0) is 35.3. The molecule has 11 rings (SSSR count). The molecule has 0 amide bonds. The van der Waals surface area contributed by atoms with Gasteiger partial charge in [-0.2, -0.15) is 0 Å². The van der Waals surface area contributed by atoms with Gasteiger partial charge in [-0.15, -0.1) is 0 Å². The Morgan fingerprint density at radius 2 is 1.32 bits per heavy atom. The van der Waals surface area contributed by atoms with E-state index in [-0.39, 0.29) is 11.3 Å². The fourth-order valence-electron chi connectivity index (χ4n) is 10.0. The third kappa shape index (κ3) is 4.30. The van der Waals surface area contributed by atoms with E-state index >= 15 is 0 Å². The Labute approximate surface area is 310 Å².